The average molecular weight is 468 g/mol. The number of hydrogen-bond acceptors (Lipinski definition) is 20. The molecule has 0 atom stereocenters. The first-order valence-corrected chi connectivity index (χ1v) is 5.00. The minimum atomic E-state index is -2.07. The van der Waals surface area contributed by atoms with E-state index in [0.717, 1.165) is 0 Å². The van der Waals surface area contributed by atoms with Gasteiger partial charge in [-0.2, -0.15) is 21.0 Å². The third-order valence-corrected chi connectivity index (χ3v) is 0.998. The summed E-state index contributed by atoms with van der Waals surface area (Å²) in [6.07, 6.45) is 0. The summed E-state index contributed by atoms with van der Waals surface area (Å²) < 4.78 is 0. The molecule has 0 fully saturated rings. The number of hydrogen-bond donors (Lipinski definition) is 4. The fourth-order valence-electron chi connectivity index (χ4n) is 0.149. The second kappa shape index (κ2) is 22.4. The van der Waals surface area contributed by atoms with Crippen LogP contribution in [0.3, 0.4) is 0 Å². The molecule has 0 bridgehead atoms. The van der Waals surface area contributed by atoms with Gasteiger partial charge < -0.3 is 39.6 Å². The molecule has 21 heteroatoms. The van der Waals surface area contributed by atoms with Crippen LogP contribution in [-0.4, -0.2) is 68.8 Å². The largest absolute Gasteiger partial charge is 4.00 e. The molecular weight excluding hydrogens is 464 g/mol. The van der Waals surface area contributed by atoms with E-state index in [2.05, 4.69) is 19.6 Å². The van der Waals surface area contributed by atoms with Gasteiger partial charge in [-0.1, -0.05) is 0 Å². The summed E-state index contributed by atoms with van der Waals surface area (Å²) in [7, 11) is 0. The fraction of sp³-hybridized carbons (Fsp3) is 0. The maximum atomic E-state index is 9.38. The smallest absolute Gasteiger partial charge is 0.539 e. The van der Waals surface area contributed by atoms with Crippen LogP contribution in [0.4, 0.5) is 0 Å². The Morgan fingerprint density at radius 1 is 0.414 bits per heavy atom. The molecule has 0 aliphatic heterocycles. The third kappa shape index (κ3) is 29.3. The molecular formula is C8H4O20Ti. The summed E-state index contributed by atoms with van der Waals surface area (Å²) in [5.74, 6) is -15.4. The van der Waals surface area contributed by atoms with Crippen molar-refractivity contribution in [2.45, 2.75) is 0 Å². The van der Waals surface area contributed by atoms with Gasteiger partial charge in [-0.3, -0.25) is 19.6 Å². The molecule has 0 aromatic carbocycles. The van der Waals surface area contributed by atoms with Gasteiger partial charge in [-0.15, -0.1) is 0 Å². The van der Waals surface area contributed by atoms with Crippen LogP contribution >= 0.6 is 0 Å². The van der Waals surface area contributed by atoms with Crippen LogP contribution in [0.1, 0.15) is 0 Å². The van der Waals surface area contributed by atoms with E-state index in [1.54, 1.807) is 0 Å². The number of carboxylic acids is 4. The van der Waals surface area contributed by atoms with Gasteiger partial charge in [0.1, 0.15) is 0 Å². The maximum absolute atomic E-state index is 9.38. The maximum Gasteiger partial charge on any atom is 4.00 e. The van der Waals surface area contributed by atoms with Crippen molar-refractivity contribution >= 4 is 47.8 Å². The van der Waals surface area contributed by atoms with Gasteiger partial charge in [0, 0.05) is 0 Å². The van der Waals surface area contributed by atoms with E-state index in [1.807, 2.05) is 0 Å². The van der Waals surface area contributed by atoms with Crippen molar-refractivity contribution in [2.24, 2.45) is 0 Å². The van der Waals surface area contributed by atoms with E-state index >= 15 is 0 Å². The van der Waals surface area contributed by atoms with Crippen molar-refractivity contribution in [2.75, 3.05) is 0 Å². The molecule has 160 valence electrons. The number of carbonyl (C=O) groups excluding carboxylic acids is 8. The normalized spacial score (nSPS) is 7.31. The van der Waals surface area contributed by atoms with E-state index in [9.17, 15) is 58.8 Å². The molecule has 0 spiro atoms. The van der Waals surface area contributed by atoms with Crippen LogP contribution < -0.4 is 20.4 Å². The van der Waals surface area contributed by atoms with Crippen molar-refractivity contribution in [3.05, 3.63) is 0 Å². The average Bonchev–Trinajstić information content (AvgIpc) is 2.66. The molecule has 0 saturated heterocycles. The molecule has 0 heterocycles. The van der Waals surface area contributed by atoms with Crippen molar-refractivity contribution in [3.63, 3.8) is 0 Å². The van der Waals surface area contributed by atoms with E-state index < -0.39 is 47.8 Å². The number of rotatable bonds is 0. The Labute approximate surface area is 169 Å². The third-order valence-electron chi connectivity index (χ3n) is 0.998. The van der Waals surface area contributed by atoms with Crippen molar-refractivity contribution in [1.82, 2.24) is 0 Å². The minimum absolute atomic E-state index is 0. The zero-order valence-corrected chi connectivity index (χ0v) is 14.4. The van der Waals surface area contributed by atoms with E-state index in [1.165, 1.54) is 0 Å². The first-order chi connectivity index (χ1) is 12.7. The van der Waals surface area contributed by atoms with Crippen LogP contribution in [0.5, 0.6) is 0 Å². The SMILES string of the molecule is O=C([O-])C(=O)OO.O=C([O-])C(=O)OO.O=C([O-])C(=O)OO.O=C([O-])C(=O)OO.[Ti+4]. The Morgan fingerprint density at radius 2 is 0.517 bits per heavy atom. The fourth-order valence-corrected chi connectivity index (χ4v) is 0.149. The Balaban J connectivity index is -0.0000000873. The number of carbonyl (C=O) groups is 8. The van der Waals surface area contributed by atoms with Gasteiger partial charge in [0.15, 0.2) is 23.9 Å². The van der Waals surface area contributed by atoms with Gasteiger partial charge >= 0.3 is 45.6 Å². The Morgan fingerprint density at radius 3 is 0.517 bits per heavy atom. The van der Waals surface area contributed by atoms with Crippen LogP contribution in [-0.2, 0) is 79.6 Å². The van der Waals surface area contributed by atoms with E-state index in [-0.39, 0.29) is 21.7 Å². The first kappa shape index (κ1) is 36.3. The first-order valence-electron chi connectivity index (χ1n) is 5.00. The second-order valence-electron chi connectivity index (χ2n) is 2.66. The molecule has 0 aliphatic carbocycles. The number of aliphatic carboxylic acids is 4. The predicted molar refractivity (Wildman–Crippen MR) is 54.9 cm³/mol. The molecule has 0 aromatic heterocycles. The van der Waals surface area contributed by atoms with Gasteiger partial charge in [0.25, 0.3) is 0 Å². The van der Waals surface area contributed by atoms with Crippen molar-refractivity contribution in [1.29, 1.82) is 0 Å². The predicted octanol–water partition coefficient (Wildman–Crippen LogP) is -8.99. The molecule has 20 nitrogen and oxygen atoms in total. The summed E-state index contributed by atoms with van der Waals surface area (Å²) in [5.41, 5.74) is 0. The number of carboxylic acid groups (broad SMARTS) is 4. The van der Waals surface area contributed by atoms with Gasteiger partial charge in [0.2, 0.25) is 0 Å². The second-order valence-corrected chi connectivity index (χ2v) is 2.66. The van der Waals surface area contributed by atoms with Crippen molar-refractivity contribution in [3.8, 4) is 0 Å². The van der Waals surface area contributed by atoms with Crippen LogP contribution in [0.2, 0.25) is 0 Å². The van der Waals surface area contributed by atoms with Gasteiger partial charge in [-0.05, 0) is 0 Å². The molecule has 0 unspecified atom stereocenters. The molecule has 0 aliphatic rings. The molecule has 29 heavy (non-hydrogen) atoms. The molecule has 0 saturated carbocycles. The molecule has 0 amide bonds. The van der Waals surface area contributed by atoms with Crippen LogP contribution in [0, 0.1) is 0 Å². The molecule has 0 aromatic rings. The Bertz CT molecular complexity index is 487. The van der Waals surface area contributed by atoms with Crippen LogP contribution in [0.25, 0.3) is 0 Å². The molecule has 0 rings (SSSR count). The summed E-state index contributed by atoms with van der Waals surface area (Å²) >= 11 is 0. The molecule has 0 radical (unpaired) electrons. The zero-order valence-electron chi connectivity index (χ0n) is 12.8. The summed E-state index contributed by atoms with van der Waals surface area (Å²) in [6, 6.07) is 0. The zero-order chi connectivity index (χ0) is 23.4. The van der Waals surface area contributed by atoms with E-state index in [4.69, 9.17) is 21.0 Å². The Hall–Kier alpha value is -3.69. The summed E-state index contributed by atoms with van der Waals surface area (Å²) in [5, 5.41) is 65.7. The van der Waals surface area contributed by atoms with Gasteiger partial charge in [-0.25, -0.2) is 19.2 Å². The molecule has 4 N–H and O–H groups in total. The summed E-state index contributed by atoms with van der Waals surface area (Å²) in [4.78, 5) is 85.1. The Kier molecular flexibility index (Phi) is 28.0. The quantitative estimate of drug-likeness (QED) is 0.0842. The van der Waals surface area contributed by atoms with Gasteiger partial charge in [0.05, 0.1) is 0 Å². The standard InChI is InChI=1S/4C2H2O5.Ti/c4*3-1(4)2(5)7-6;/h4*6H,(H,3,4);/q;;;;+4/p-4. The summed E-state index contributed by atoms with van der Waals surface area (Å²) in [6.45, 7) is 0. The van der Waals surface area contributed by atoms with Crippen molar-refractivity contribution < 1.29 is 121 Å². The minimum Gasteiger partial charge on any atom is -0.539 e. The van der Waals surface area contributed by atoms with E-state index in [0.29, 0.717) is 0 Å². The monoisotopic (exact) mass is 468 g/mol. The topological polar surface area (TPSA) is 347 Å². The van der Waals surface area contributed by atoms with Crippen LogP contribution in [0.15, 0.2) is 0 Å².